The summed E-state index contributed by atoms with van der Waals surface area (Å²) in [6, 6.07) is 0. The van der Waals surface area contributed by atoms with Crippen LogP contribution in [-0.4, -0.2) is 82.3 Å². The van der Waals surface area contributed by atoms with E-state index in [4.69, 9.17) is 18.9 Å². The Balaban J connectivity index is 4.03. The van der Waals surface area contributed by atoms with Crippen LogP contribution in [0.4, 0.5) is 0 Å². The van der Waals surface area contributed by atoms with Gasteiger partial charge in [-0.25, -0.2) is 0 Å². The number of likely N-dealkylation sites (N-methyl/N-ethyl adjacent to an activating group) is 1. The molecule has 0 saturated carbocycles. The Morgan fingerprint density at radius 3 is 0.825 bits per heavy atom. The standard InChI is InChI=1S/C94H161NO8/c1-6-8-10-12-14-16-18-20-22-24-26-28-30-32-34-36-38-40-42-44-46-48-50-52-54-56-58-60-62-64-66-68-70-72-74-76-78-80-82-84-91(96)101-88-90(89-102-94(93(98)99)100-87-86-95(3,4)5)103-92(97)85-83-81-79-77-75-73-71-69-67-65-63-61-59-57-55-53-51-49-47-45-43-41-39-37-35-33-31-29-27-25-23-21-19-17-15-13-11-9-7-2/h9,11,15,17-18,20-21,23-24,26-27,29,33,35,39,41,45,47,51,53,57,59,63,65,90,94H,6-8,10,12-14,16,19,22,25,28,30-32,34,36-38,40,42-44,46,48-50,52,54-56,58,60-62,64,66-89H2,1-5H3/b11-9-,17-15-,20-18-,23-21-,26-24-,29-27-,35-33-,41-39-,47-45-,53-51-,59-57-,65-63-. The molecule has 0 N–H and O–H groups in total. The zero-order chi connectivity index (χ0) is 74.6. The smallest absolute Gasteiger partial charge is 0.306 e. The van der Waals surface area contributed by atoms with E-state index in [1.165, 1.54) is 225 Å². The number of nitrogens with zero attached hydrogens (tertiary/aromatic N) is 1. The maximum Gasteiger partial charge on any atom is 0.306 e. The molecule has 0 bridgehead atoms. The molecule has 9 nitrogen and oxygen atoms in total. The number of aliphatic carboxylic acids is 1. The normalized spacial score (nSPS) is 13.4. The van der Waals surface area contributed by atoms with E-state index in [2.05, 4.69) is 160 Å². The highest BCUT2D eigenvalue weighted by Gasteiger charge is 2.22. The van der Waals surface area contributed by atoms with Crippen molar-refractivity contribution in [3.05, 3.63) is 146 Å². The molecular weight excluding hydrogens is 1270 g/mol. The first-order valence-electron chi connectivity index (χ1n) is 43.0. The number of hydrogen-bond donors (Lipinski definition) is 0. The maximum atomic E-state index is 13.0. The Kier molecular flexibility index (Phi) is 78.9. The first kappa shape index (κ1) is 98.2. The van der Waals surface area contributed by atoms with Gasteiger partial charge in [-0.2, -0.15) is 0 Å². The number of esters is 2. The van der Waals surface area contributed by atoms with Gasteiger partial charge in [0, 0.05) is 12.8 Å². The van der Waals surface area contributed by atoms with Crippen LogP contribution in [0, 0.1) is 0 Å². The number of rotatable bonds is 79. The van der Waals surface area contributed by atoms with Crippen molar-refractivity contribution in [2.75, 3.05) is 47.5 Å². The van der Waals surface area contributed by atoms with Crippen molar-refractivity contribution in [1.82, 2.24) is 0 Å². The number of carbonyl (C=O) groups is 3. The fourth-order valence-electron chi connectivity index (χ4n) is 12.1. The molecular formula is C94H161NO8. The highest BCUT2D eigenvalue weighted by molar-refractivity contribution is 5.70. The predicted molar refractivity (Wildman–Crippen MR) is 444 cm³/mol. The van der Waals surface area contributed by atoms with Crippen molar-refractivity contribution in [2.45, 2.75) is 386 Å². The Hall–Kier alpha value is -4.83. The molecule has 0 aromatic rings. The molecule has 9 heteroatoms. The highest BCUT2D eigenvalue weighted by atomic mass is 16.7. The van der Waals surface area contributed by atoms with Gasteiger partial charge in [0.25, 0.3) is 0 Å². The molecule has 0 aromatic heterocycles. The van der Waals surface area contributed by atoms with Crippen LogP contribution in [0.2, 0.25) is 0 Å². The number of carbonyl (C=O) groups excluding carboxylic acids is 3. The zero-order valence-corrected chi connectivity index (χ0v) is 67.7. The van der Waals surface area contributed by atoms with Crippen LogP contribution in [0.3, 0.4) is 0 Å². The molecule has 2 atom stereocenters. The molecule has 0 heterocycles. The molecule has 103 heavy (non-hydrogen) atoms. The second-order valence-corrected chi connectivity index (χ2v) is 29.7. The van der Waals surface area contributed by atoms with Gasteiger partial charge in [-0.3, -0.25) is 9.59 Å². The van der Waals surface area contributed by atoms with Crippen LogP contribution in [0.5, 0.6) is 0 Å². The summed E-state index contributed by atoms with van der Waals surface area (Å²) in [5.41, 5.74) is 0. The van der Waals surface area contributed by atoms with E-state index in [0.717, 1.165) is 116 Å². The molecule has 0 saturated heterocycles. The minimum atomic E-state index is -1.63. The monoisotopic (exact) mass is 1430 g/mol. The SMILES string of the molecule is CC/C=C\C/C=C\C/C=C\C/C=C\C/C=C\C/C=C\C/C=C\C/C=C\C/C=C\C/C=C\CCCCCCCCCCC(=O)OC(COC(=O)CCCCCCCCCCCCCCCCCCCCCCCCCCCCC/C=C\C/C=C\CCCCCCC)COC(OCC[N+](C)(C)C)C(=O)[O-]. The molecule has 0 aliphatic rings. The lowest BCUT2D eigenvalue weighted by molar-refractivity contribution is -0.870. The third kappa shape index (κ3) is 84.3. The average Bonchev–Trinajstić information content (AvgIpc) is 0.985. The van der Waals surface area contributed by atoms with Gasteiger partial charge < -0.3 is 33.3 Å². The summed E-state index contributed by atoms with van der Waals surface area (Å²) in [4.78, 5) is 37.7. The summed E-state index contributed by atoms with van der Waals surface area (Å²) in [5.74, 6) is -2.29. The maximum absolute atomic E-state index is 13.0. The van der Waals surface area contributed by atoms with Gasteiger partial charge >= 0.3 is 11.9 Å². The largest absolute Gasteiger partial charge is 0.545 e. The number of carboxylic acid groups (broad SMARTS) is 1. The molecule has 0 aromatic carbocycles. The molecule has 0 radical (unpaired) electrons. The third-order valence-electron chi connectivity index (χ3n) is 18.6. The first-order chi connectivity index (χ1) is 50.6. The van der Waals surface area contributed by atoms with Gasteiger partial charge in [-0.1, -0.05) is 384 Å². The minimum absolute atomic E-state index is 0.141. The van der Waals surface area contributed by atoms with Crippen molar-refractivity contribution in [2.24, 2.45) is 0 Å². The lowest BCUT2D eigenvalue weighted by Crippen LogP contribution is -2.44. The van der Waals surface area contributed by atoms with Crippen LogP contribution < -0.4 is 5.11 Å². The highest BCUT2D eigenvalue weighted by Crippen LogP contribution is 2.19. The van der Waals surface area contributed by atoms with Crippen molar-refractivity contribution in [3.63, 3.8) is 0 Å². The summed E-state index contributed by atoms with van der Waals surface area (Å²) in [6.45, 7) is 4.64. The molecule has 0 aliphatic heterocycles. The Labute approximate surface area is 636 Å². The first-order valence-corrected chi connectivity index (χ1v) is 43.0. The van der Waals surface area contributed by atoms with Gasteiger partial charge in [0.1, 0.15) is 13.2 Å². The molecule has 590 valence electrons. The predicted octanol–water partition coefficient (Wildman–Crippen LogP) is 26.8. The Bertz CT molecular complexity index is 2220. The summed E-state index contributed by atoms with van der Waals surface area (Å²) in [5, 5.41) is 11.9. The van der Waals surface area contributed by atoms with Crippen molar-refractivity contribution in [1.29, 1.82) is 0 Å². The van der Waals surface area contributed by atoms with E-state index in [9.17, 15) is 19.5 Å². The van der Waals surface area contributed by atoms with Crippen LogP contribution in [0.1, 0.15) is 373 Å². The van der Waals surface area contributed by atoms with Crippen LogP contribution in [-0.2, 0) is 33.3 Å². The average molecular weight is 1430 g/mol. The number of hydrogen-bond acceptors (Lipinski definition) is 8. The Morgan fingerprint density at radius 2 is 0.553 bits per heavy atom. The second kappa shape index (κ2) is 82.8. The zero-order valence-electron chi connectivity index (χ0n) is 67.7. The minimum Gasteiger partial charge on any atom is -0.545 e. The quantitative estimate of drug-likeness (QED) is 0.0195. The molecule has 2 unspecified atom stereocenters. The second-order valence-electron chi connectivity index (χ2n) is 29.7. The van der Waals surface area contributed by atoms with Gasteiger partial charge in [0.2, 0.25) is 0 Å². The van der Waals surface area contributed by atoms with Crippen LogP contribution >= 0.6 is 0 Å². The lowest BCUT2D eigenvalue weighted by Gasteiger charge is -2.26. The number of quaternary nitrogens is 1. The number of ether oxygens (including phenoxy) is 4. The van der Waals surface area contributed by atoms with E-state index < -0.39 is 24.3 Å². The molecule has 0 spiro atoms. The van der Waals surface area contributed by atoms with Gasteiger partial charge in [-0.05, 0) is 122 Å². The lowest BCUT2D eigenvalue weighted by atomic mass is 10.0. The fourth-order valence-corrected chi connectivity index (χ4v) is 12.1. The van der Waals surface area contributed by atoms with Gasteiger partial charge in [0.05, 0.1) is 40.3 Å². The molecule has 0 amide bonds. The van der Waals surface area contributed by atoms with E-state index in [1.54, 1.807) is 0 Å². The summed E-state index contributed by atoms with van der Waals surface area (Å²) in [6.07, 6.45) is 118. The van der Waals surface area contributed by atoms with E-state index in [0.29, 0.717) is 17.4 Å². The van der Waals surface area contributed by atoms with Gasteiger partial charge in [-0.15, -0.1) is 0 Å². The van der Waals surface area contributed by atoms with Crippen molar-refractivity contribution < 1.29 is 42.9 Å². The summed E-state index contributed by atoms with van der Waals surface area (Å²) < 4.78 is 22.9. The topological polar surface area (TPSA) is 111 Å². The van der Waals surface area contributed by atoms with E-state index >= 15 is 0 Å². The number of carboxylic acids is 1. The number of allylic oxidation sites excluding steroid dienone is 24. The molecule has 0 fully saturated rings. The molecule has 0 rings (SSSR count). The van der Waals surface area contributed by atoms with E-state index in [-0.39, 0.29) is 38.6 Å². The molecule has 0 aliphatic carbocycles. The van der Waals surface area contributed by atoms with Crippen LogP contribution in [0.15, 0.2) is 146 Å². The number of unbranched alkanes of at least 4 members (excludes halogenated alkanes) is 40. The summed E-state index contributed by atoms with van der Waals surface area (Å²) in [7, 11) is 5.94. The third-order valence-corrected chi connectivity index (χ3v) is 18.6. The van der Waals surface area contributed by atoms with Crippen LogP contribution in [0.25, 0.3) is 0 Å². The van der Waals surface area contributed by atoms with Crippen molar-refractivity contribution >= 4 is 17.9 Å². The Morgan fingerprint density at radius 1 is 0.301 bits per heavy atom. The van der Waals surface area contributed by atoms with Gasteiger partial charge in [0.15, 0.2) is 12.4 Å². The van der Waals surface area contributed by atoms with Crippen molar-refractivity contribution in [3.8, 4) is 0 Å². The summed E-state index contributed by atoms with van der Waals surface area (Å²) >= 11 is 0. The van der Waals surface area contributed by atoms with E-state index in [1.807, 2.05) is 21.1 Å². The fraction of sp³-hybridized carbons (Fsp3) is 0.713.